The number of benzene rings is 3. The van der Waals surface area contributed by atoms with Gasteiger partial charge in [-0.25, -0.2) is 0 Å². The Morgan fingerprint density at radius 2 is 1.76 bits per heavy atom. The van der Waals surface area contributed by atoms with Crippen LogP contribution in [0.2, 0.25) is 0 Å². The topological polar surface area (TPSA) is 137 Å². The van der Waals surface area contributed by atoms with Crippen molar-refractivity contribution < 1.29 is 34.2 Å². The van der Waals surface area contributed by atoms with Crippen molar-refractivity contribution in [3.63, 3.8) is 0 Å². The Morgan fingerprint density at radius 3 is 2.37 bits per heavy atom. The molecular weight excluding hydrogens is 682 g/mol. The average molecular weight is 740 g/mol. The zero-order valence-electron chi connectivity index (χ0n) is 32.7. The van der Waals surface area contributed by atoms with E-state index in [2.05, 4.69) is 31.4 Å². The van der Waals surface area contributed by atoms with Crippen molar-refractivity contribution >= 4 is 17.6 Å². The largest absolute Gasteiger partial charge is 0.496 e. The summed E-state index contributed by atoms with van der Waals surface area (Å²) < 4.78 is 6.02. The Kier molecular flexibility index (Phi) is 12.0. The zero-order chi connectivity index (χ0) is 38.9. The maximum absolute atomic E-state index is 14.2. The molecule has 3 aromatic rings. The van der Waals surface area contributed by atoms with Crippen LogP contribution < -0.4 is 15.4 Å². The van der Waals surface area contributed by atoms with E-state index in [9.17, 15) is 24.6 Å². The van der Waals surface area contributed by atoms with Gasteiger partial charge in [0.15, 0.2) is 5.78 Å². The van der Waals surface area contributed by atoms with Crippen LogP contribution in [0.15, 0.2) is 66.7 Å². The SMILES string of the molecule is CC[C@H](Cc1ccccc1)NC(=O)c1cc(C(C)=O)cc(-c2cccc(CN3O[C@@H](CO)[C@@H]([C@H](C)O)[C@H]3C(=O)N[C@H]3C[C@H]4C[C@@H]([C@@H]3C)C4(C)C)c2OC)c1. The van der Waals surface area contributed by atoms with Crippen LogP contribution in [0.25, 0.3) is 11.1 Å². The summed E-state index contributed by atoms with van der Waals surface area (Å²) >= 11 is 0. The van der Waals surface area contributed by atoms with E-state index < -0.39 is 24.2 Å². The van der Waals surface area contributed by atoms with Crippen LogP contribution in [0.3, 0.4) is 0 Å². The van der Waals surface area contributed by atoms with E-state index >= 15 is 0 Å². The predicted molar refractivity (Wildman–Crippen MR) is 208 cm³/mol. The van der Waals surface area contributed by atoms with Gasteiger partial charge in [-0.2, -0.15) is 5.06 Å². The van der Waals surface area contributed by atoms with Gasteiger partial charge in [0, 0.05) is 40.3 Å². The Hall–Kier alpha value is -4.09. The highest BCUT2D eigenvalue weighted by Crippen LogP contribution is 2.61. The summed E-state index contributed by atoms with van der Waals surface area (Å²) in [5.41, 5.74) is 4.13. The summed E-state index contributed by atoms with van der Waals surface area (Å²) in [4.78, 5) is 47.0. The van der Waals surface area contributed by atoms with Crippen molar-refractivity contribution in [1.82, 2.24) is 15.7 Å². The van der Waals surface area contributed by atoms with Gasteiger partial charge in [0.25, 0.3) is 5.91 Å². The number of aliphatic hydroxyl groups excluding tert-OH is 2. The van der Waals surface area contributed by atoms with Gasteiger partial charge < -0.3 is 25.6 Å². The number of hydrogen-bond donors (Lipinski definition) is 4. The molecule has 3 aliphatic carbocycles. The van der Waals surface area contributed by atoms with E-state index in [1.165, 1.54) is 13.3 Å². The molecule has 2 bridgehead atoms. The van der Waals surface area contributed by atoms with Gasteiger partial charge >= 0.3 is 0 Å². The number of hydroxylamine groups is 2. The van der Waals surface area contributed by atoms with Crippen LogP contribution in [0.1, 0.15) is 92.6 Å². The molecule has 4 N–H and O–H groups in total. The number of methoxy groups -OCH3 is 1. The minimum atomic E-state index is -0.925. The first-order chi connectivity index (χ1) is 25.8. The third-order valence-corrected chi connectivity index (χ3v) is 12.8. The number of ether oxygens (including phenoxy) is 1. The summed E-state index contributed by atoms with van der Waals surface area (Å²) in [6.45, 7) is 11.8. The molecule has 1 heterocycles. The number of Topliss-reactive ketones (excluding diaryl/α,β-unsaturated/α-hetero) is 1. The van der Waals surface area contributed by atoms with Gasteiger partial charge in [-0.15, -0.1) is 0 Å². The number of aliphatic hydroxyl groups is 2. The first-order valence-electron chi connectivity index (χ1n) is 19.5. The summed E-state index contributed by atoms with van der Waals surface area (Å²) in [5.74, 6) is 0.550. The number of ketones is 1. The molecule has 10 nitrogen and oxygen atoms in total. The van der Waals surface area contributed by atoms with Gasteiger partial charge in [-0.05, 0) is 92.0 Å². The number of rotatable bonds is 14. The number of carbonyl (C=O) groups excluding carboxylic acids is 3. The van der Waals surface area contributed by atoms with Crippen molar-refractivity contribution in [1.29, 1.82) is 0 Å². The minimum Gasteiger partial charge on any atom is -0.496 e. The van der Waals surface area contributed by atoms with Gasteiger partial charge in [0.1, 0.15) is 17.9 Å². The van der Waals surface area contributed by atoms with Gasteiger partial charge in [0.2, 0.25) is 5.91 Å². The van der Waals surface area contributed by atoms with Crippen LogP contribution in [0.5, 0.6) is 5.75 Å². The van der Waals surface area contributed by atoms with Gasteiger partial charge in [-0.1, -0.05) is 76.2 Å². The monoisotopic (exact) mass is 739 g/mol. The van der Waals surface area contributed by atoms with Crippen molar-refractivity contribution in [3.05, 3.63) is 89.0 Å². The quantitative estimate of drug-likeness (QED) is 0.148. The van der Waals surface area contributed by atoms with Crippen molar-refractivity contribution in [2.24, 2.45) is 29.1 Å². The van der Waals surface area contributed by atoms with E-state index in [-0.39, 0.29) is 48.2 Å². The zero-order valence-corrected chi connectivity index (χ0v) is 32.7. The number of carbonyl (C=O) groups is 3. The summed E-state index contributed by atoms with van der Waals surface area (Å²) in [5, 5.41) is 29.3. The van der Waals surface area contributed by atoms with Crippen LogP contribution in [-0.2, 0) is 22.6 Å². The molecule has 0 aromatic heterocycles. The molecule has 290 valence electrons. The summed E-state index contributed by atoms with van der Waals surface area (Å²) in [6, 6.07) is 19.8. The van der Waals surface area contributed by atoms with E-state index in [0.29, 0.717) is 57.7 Å². The Morgan fingerprint density at radius 1 is 1.04 bits per heavy atom. The molecule has 10 heteroatoms. The molecule has 4 fully saturated rings. The normalized spacial score (nSPS) is 27.0. The fourth-order valence-electron chi connectivity index (χ4n) is 9.41. The number of nitrogens with zero attached hydrogens (tertiary/aromatic N) is 1. The second kappa shape index (κ2) is 16.3. The molecule has 4 aliphatic rings. The van der Waals surface area contributed by atoms with Gasteiger partial charge in [0.05, 0.1) is 26.4 Å². The molecule has 7 rings (SSSR count). The smallest absolute Gasteiger partial charge is 0.251 e. The molecular formula is C44H57N3O7. The van der Waals surface area contributed by atoms with Crippen molar-refractivity contribution in [2.75, 3.05) is 13.7 Å². The Bertz CT molecular complexity index is 1830. The lowest BCUT2D eigenvalue weighted by Crippen LogP contribution is -2.62. The second-order valence-electron chi connectivity index (χ2n) is 16.4. The van der Waals surface area contributed by atoms with Crippen molar-refractivity contribution in [3.8, 4) is 16.9 Å². The van der Waals surface area contributed by atoms with Crippen LogP contribution in [0.4, 0.5) is 0 Å². The Balaban J connectivity index is 1.28. The summed E-state index contributed by atoms with van der Waals surface area (Å²) in [7, 11) is 1.56. The fourth-order valence-corrected chi connectivity index (χ4v) is 9.41. The minimum absolute atomic E-state index is 0.0164. The lowest BCUT2D eigenvalue weighted by atomic mass is 9.45. The molecule has 1 saturated heterocycles. The standard InChI is InChI=1S/C44H57N3O7/c1-8-34(17-28-13-10-9-11-14-28)45-42(51)32-19-30(26(3)49)18-31(20-32)35-16-12-15-29(41(35)53-7)23-47-40(39(27(4)50)38(24-48)54-47)43(52)46-37-22-33-21-36(25(37)2)44(33,5)6/h9-16,18-20,25,27,33-34,36-40,48,50H,8,17,21-24H2,1-7H3,(H,45,51)(H,46,52)/t25-,27-,33+,34+,36-,37-,38-,39+,40-/m0/s1. The van der Waals surface area contributed by atoms with E-state index in [1.54, 1.807) is 37.3 Å². The first kappa shape index (κ1) is 39.6. The second-order valence-corrected chi connectivity index (χ2v) is 16.4. The molecule has 54 heavy (non-hydrogen) atoms. The predicted octanol–water partition coefficient (Wildman–Crippen LogP) is 5.98. The molecule has 0 radical (unpaired) electrons. The number of fused-ring (bicyclic) bond motifs is 2. The highest BCUT2D eigenvalue weighted by molar-refractivity contribution is 6.02. The highest BCUT2D eigenvalue weighted by atomic mass is 16.7. The van der Waals surface area contributed by atoms with Gasteiger partial charge in [-0.3, -0.25) is 19.2 Å². The molecule has 1 aliphatic heterocycles. The van der Waals surface area contributed by atoms with Crippen LogP contribution >= 0.6 is 0 Å². The van der Waals surface area contributed by atoms with Crippen molar-refractivity contribution in [2.45, 2.75) is 104 Å². The fraction of sp³-hybridized carbons (Fsp3) is 0.523. The van der Waals surface area contributed by atoms with Crippen LogP contribution in [-0.4, -0.2) is 76.9 Å². The number of para-hydroxylation sites is 1. The highest BCUT2D eigenvalue weighted by Gasteiger charge is 2.57. The lowest BCUT2D eigenvalue weighted by molar-refractivity contribution is -0.183. The average Bonchev–Trinajstić information content (AvgIpc) is 3.53. The van der Waals surface area contributed by atoms with Crippen LogP contribution in [0, 0.1) is 29.1 Å². The number of hydrogen-bond acceptors (Lipinski definition) is 8. The lowest BCUT2D eigenvalue weighted by Gasteiger charge is -2.62. The van der Waals surface area contributed by atoms with E-state index in [1.807, 2.05) is 55.5 Å². The molecule has 2 amide bonds. The molecule has 0 spiro atoms. The first-order valence-corrected chi connectivity index (χ1v) is 19.5. The maximum Gasteiger partial charge on any atom is 0.251 e. The molecule has 9 atom stereocenters. The number of amides is 2. The van der Waals surface area contributed by atoms with E-state index in [0.717, 1.165) is 18.4 Å². The molecule has 3 saturated carbocycles. The third kappa shape index (κ3) is 7.85. The Labute approximate surface area is 319 Å². The molecule has 0 unspecified atom stereocenters. The molecule has 3 aromatic carbocycles. The van der Waals surface area contributed by atoms with E-state index in [4.69, 9.17) is 9.57 Å². The maximum atomic E-state index is 14.2. The summed E-state index contributed by atoms with van der Waals surface area (Å²) in [6.07, 6.45) is 1.81. The number of nitrogens with one attached hydrogen (secondary N) is 2. The third-order valence-electron chi connectivity index (χ3n) is 12.8.